The van der Waals surface area contributed by atoms with Crippen molar-refractivity contribution < 1.29 is 33.8 Å². The third-order valence-electron chi connectivity index (χ3n) is 3.74. The Morgan fingerprint density at radius 3 is 2.11 bits per heavy atom. The van der Waals surface area contributed by atoms with Crippen molar-refractivity contribution in [2.24, 2.45) is 0 Å². The van der Waals surface area contributed by atoms with Gasteiger partial charge in [0, 0.05) is 19.5 Å². The molecule has 0 fully saturated rings. The number of nitrogens with one attached hydrogen (secondary N) is 1. The normalized spacial score (nSPS) is 14.1. The second-order valence-electron chi connectivity index (χ2n) is 5.92. The molecule has 0 bridgehead atoms. The van der Waals surface area contributed by atoms with Gasteiger partial charge in [0.05, 0.1) is 32.8 Å². The van der Waals surface area contributed by atoms with Crippen LogP contribution in [0.4, 0.5) is 0 Å². The number of rotatable bonds is 15. The van der Waals surface area contributed by atoms with Crippen LogP contribution >= 0.6 is 31.9 Å². The smallest absolute Gasteiger partial charge is 0.305 e. The van der Waals surface area contributed by atoms with Gasteiger partial charge in [-0.3, -0.25) is 24.1 Å². The Balaban J connectivity index is 1.94. The Hall–Kier alpha value is -1.30. The molecule has 11 heteroatoms. The average molecular weight is 528 g/mol. The molecule has 9 nitrogen and oxygen atoms in total. The van der Waals surface area contributed by atoms with Crippen LogP contribution < -0.4 is 5.32 Å². The summed E-state index contributed by atoms with van der Waals surface area (Å²) in [7, 11) is 0. The van der Waals surface area contributed by atoms with Crippen LogP contribution in [0.1, 0.15) is 32.1 Å². The first-order valence-electron chi connectivity index (χ1n) is 8.90. The number of amides is 3. The molecule has 0 aromatic carbocycles. The van der Waals surface area contributed by atoms with Gasteiger partial charge in [-0.15, -0.1) is 0 Å². The second-order valence-corrected chi connectivity index (χ2v) is 7.51. The Bertz CT molecular complexity index is 586. The van der Waals surface area contributed by atoms with Gasteiger partial charge in [-0.25, -0.2) is 0 Å². The fourth-order valence-electron chi connectivity index (χ4n) is 2.28. The molecule has 1 aliphatic rings. The molecule has 0 radical (unpaired) electrons. The van der Waals surface area contributed by atoms with E-state index < -0.39 is 5.97 Å². The van der Waals surface area contributed by atoms with Crippen LogP contribution in [0.5, 0.6) is 0 Å². The van der Waals surface area contributed by atoms with Crippen molar-refractivity contribution in [2.45, 2.75) is 32.1 Å². The molecule has 2 N–H and O–H groups in total. The number of carbonyl (C=O) groups excluding carboxylic acids is 3. The number of unbranched alkanes of at least 4 members (excludes halogenated alkanes) is 2. The molecule has 1 heterocycles. The number of ether oxygens (including phenoxy) is 2. The van der Waals surface area contributed by atoms with Gasteiger partial charge < -0.3 is 19.9 Å². The number of aliphatic carboxylic acids is 1. The lowest BCUT2D eigenvalue weighted by Crippen LogP contribution is -2.32. The van der Waals surface area contributed by atoms with Gasteiger partial charge in [0.2, 0.25) is 5.91 Å². The lowest BCUT2D eigenvalue weighted by Gasteiger charge is -2.13. The highest BCUT2D eigenvalue weighted by molar-refractivity contribution is 9.14. The molecule has 1 rings (SSSR count). The summed E-state index contributed by atoms with van der Waals surface area (Å²) in [6, 6.07) is 0. The molecule has 0 unspecified atom stereocenters. The zero-order chi connectivity index (χ0) is 20.9. The molecule has 158 valence electrons. The van der Waals surface area contributed by atoms with Gasteiger partial charge >= 0.3 is 5.97 Å². The highest BCUT2D eigenvalue weighted by Gasteiger charge is 2.35. The van der Waals surface area contributed by atoms with E-state index >= 15 is 0 Å². The number of halogens is 2. The molecule has 0 atom stereocenters. The van der Waals surface area contributed by atoms with E-state index in [1.807, 2.05) is 0 Å². The number of hydrogen-bond donors (Lipinski definition) is 2. The van der Waals surface area contributed by atoms with E-state index in [0.717, 1.165) is 6.42 Å². The van der Waals surface area contributed by atoms with Crippen molar-refractivity contribution in [3.8, 4) is 0 Å². The molecule has 28 heavy (non-hydrogen) atoms. The van der Waals surface area contributed by atoms with Gasteiger partial charge in [-0.05, 0) is 44.7 Å². The summed E-state index contributed by atoms with van der Waals surface area (Å²) < 4.78 is 10.8. The fraction of sp³-hybridized carbons (Fsp3) is 0.647. The van der Waals surface area contributed by atoms with E-state index in [-0.39, 0.29) is 39.7 Å². The highest BCUT2D eigenvalue weighted by Crippen LogP contribution is 2.29. The fourth-order valence-corrected chi connectivity index (χ4v) is 3.05. The van der Waals surface area contributed by atoms with Crippen molar-refractivity contribution >= 4 is 55.6 Å². The largest absolute Gasteiger partial charge is 0.481 e. The lowest BCUT2D eigenvalue weighted by atomic mass is 10.2. The van der Waals surface area contributed by atoms with Crippen molar-refractivity contribution in [1.82, 2.24) is 10.2 Å². The standard InChI is InChI=1S/C17H24Br2N2O7/c18-14-15(19)17(26)21(16(14)25)7-3-1-2-4-12(22)20-6-9-28-11-10-27-8-5-13(23)24/h1-11H2,(H,20,22)(H,23,24). The van der Waals surface area contributed by atoms with Gasteiger partial charge in [0.25, 0.3) is 11.8 Å². The average Bonchev–Trinajstić information content (AvgIpc) is 2.83. The van der Waals surface area contributed by atoms with Gasteiger partial charge in [0.1, 0.15) is 8.96 Å². The van der Waals surface area contributed by atoms with Crippen LogP contribution in [0, 0.1) is 0 Å². The maximum atomic E-state index is 11.8. The second kappa shape index (κ2) is 13.8. The first-order chi connectivity index (χ1) is 13.3. The first kappa shape index (κ1) is 24.7. The molecule has 3 amide bonds. The summed E-state index contributed by atoms with van der Waals surface area (Å²) in [6.45, 7) is 1.87. The van der Waals surface area contributed by atoms with Gasteiger partial charge in [-0.2, -0.15) is 0 Å². The minimum Gasteiger partial charge on any atom is -0.481 e. The number of imide groups is 1. The zero-order valence-electron chi connectivity index (χ0n) is 15.4. The minimum absolute atomic E-state index is 0.0350. The van der Waals surface area contributed by atoms with Crippen molar-refractivity contribution in [2.75, 3.05) is 39.5 Å². The minimum atomic E-state index is -0.903. The summed E-state index contributed by atoms with van der Waals surface area (Å²) in [5, 5.41) is 11.2. The molecule has 0 saturated carbocycles. The van der Waals surface area contributed by atoms with Crippen molar-refractivity contribution in [3.63, 3.8) is 0 Å². The molecule has 1 aliphatic heterocycles. The Labute approximate surface area is 180 Å². The Kier molecular flexibility index (Phi) is 12.2. The van der Waals surface area contributed by atoms with Crippen LogP contribution in [-0.2, 0) is 28.7 Å². The van der Waals surface area contributed by atoms with E-state index in [2.05, 4.69) is 37.2 Å². The SMILES string of the molecule is O=C(O)CCOCCOCCNC(=O)CCCCCN1C(=O)C(Br)=C(Br)C1=O. The number of carbonyl (C=O) groups is 4. The third-order valence-corrected chi connectivity index (χ3v) is 5.75. The van der Waals surface area contributed by atoms with Crippen molar-refractivity contribution in [3.05, 3.63) is 8.96 Å². The van der Waals surface area contributed by atoms with E-state index in [4.69, 9.17) is 14.6 Å². The summed E-state index contributed by atoms with van der Waals surface area (Å²) >= 11 is 6.15. The number of hydrogen-bond acceptors (Lipinski definition) is 6. The Morgan fingerprint density at radius 1 is 0.893 bits per heavy atom. The number of carboxylic acids is 1. The monoisotopic (exact) mass is 526 g/mol. The molecule has 0 aliphatic carbocycles. The van der Waals surface area contributed by atoms with Crippen LogP contribution in [0.3, 0.4) is 0 Å². The van der Waals surface area contributed by atoms with Gasteiger partial charge in [0.15, 0.2) is 0 Å². The number of nitrogens with zero attached hydrogens (tertiary/aromatic N) is 1. The first-order valence-corrected chi connectivity index (χ1v) is 10.5. The summed E-state index contributed by atoms with van der Waals surface area (Å²) in [5.74, 6) is -1.68. The summed E-state index contributed by atoms with van der Waals surface area (Å²) in [4.78, 5) is 46.8. The molecular weight excluding hydrogens is 504 g/mol. The topological polar surface area (TPSA) is 122 Å². The van der Waals surface area contributed by atoms with Crippen LogP contribution in [0.2, 0.25) is 0 Å². The quantitative estimate of drug-likeness (QED) is 0.244. The molecule has 0 aromatic rings. The molecular formula is C17H24Br2N2O7. The molecule has 0 spiro atoms. The predicted molar refractivity (Wildman–Crippen MR) is 107 cm³/mol. The van der Waals surface area contributed by atoms with E-state index in [1.165, 1.54) is 4.90 Å². The molecule has 0 saturated heterocycles. The van der Waals surface area contributed by atoms with Gasteiger partial charge in [-0.1, -0.05) is 6.42 Å². The maximum absolute atomic E-state index is 11.8. The summed E-state index contributed by atoms with van der Waals surface area (Å²) in [6.07, 6.45) is 2.36. The van der Waals surface area contributed by atoms with Crippen LogP contribution in [-0.4, -0.2) is 73.2 Å². The van der Waals surface area contributed by atoms with E-state index in [0.29, 0.717) is 52.2 Å². The highest BCUT2D eigenvalue weighted by atomic mass is 79.9. The molecule has 0 aromatic heterocycles. The van der Waals surface area contributed by atoms with Crippen molar-refractivity contribution in [1.29, 1.82) is 0 Å². The Morgan fingerprint density at radius 2 is 1.50 bits per heavy atom. The van der Waals surface area contributed by atoms with Crippen LogP contribution in [0.15, 0.2) is 8.96 Å². The lowest BCUT2D eigenvalue weighted by molar-refractivity contribution is -0.139. The van der Waals surface area contributed by atoms with E-state index in [1.54, 1.807) is 0 Å². The predicted octanol–water partition coefficient (Wildman–Crippen LogP) is 1.54. The van der Waals surface area contributed by atoms with E-state index in [9.17, 15) is 19.2 Å². The number of carboxylic acid groups (broad SMARTS) is 1. The maximum Gasteiger partial charge on any atom is 0.305 e. The zero-order valence-corrected chi connectivity index (χ0v) is 18.6. The third kappa shape index (κ3) is 9.26. The summed E-state index contributed by atoms with van der Waals surface area (Å²) in [5.41, 5.74) is 0. The van der Waals surface area contributed by atoms with Crippen LogP contribution in [0.25, 0.3) is 0 Å².